The van der Waals surface area contributed by atoms with E-state index in [4.69, 9.17) is 5.73 Å². The van der Waals surface area contributed by atoms with Gasteiger partial charge < -0.3 is 11.1 Å². The molecule has 3 amide bonds. The average Bonchev–Trinajstić information content (AvgIpc) is 2.95. The Balaban J connectivity index is 2.02. The van der Waals surface area contributed by atoms with Gasteiger partial charge in [-0.25, -0.2) is 4.90 Å². The van der Waals surface area contributed by atoms with Crippen molar-refractivity contribution in [2.45, 2.75) is 25.3 Å². The average molecular weight is 273 g/mol. The molecule has 1 aromatic rings. The zero-order chi connectivity index (χ0) is 14.5. The normalized spacial score (nSPS) is 25.1. The molecular formula is C14H15N3O3. The molecular weight excluding hydrogens is 258 g/mol. The van der Waals surface area contributed by atoms with E-state index in [0.717, 1.165) is 11.3 Å². The monoisotopic (exact) mass is 273 g/mol. The second kappa shape index (κ2) is 4.14. The summed E-state index contributed by atoms with van der Waals surface area (Å²) in [5, 5.41) is 3.07. The molecule has 0 bridgehead atoms. The van der Waals surface area contributed by atoms with Crippen LogP contribution in [-0.4, -0.2) is 34.7 Å². The van der Waals surface area contributed by atoms with Gasteiger partial charge in [0.25, 0.3) is 17.7 Å². The summed E-state index contributed by atoms with van der Waals surface area (Å²) in [5.74, 6) is -1.71. The van der Waals surface area contributed by atoms with Gasteiger partial charge in [0.1, 0.15) is 0 Å². The van der Waals surface area contributed by atoms with Gasteiger partial charge in [0.05, 0.1) is 16.7 Å². The first kappa shape index (κ1) is 12.8. The van der Waals surface area contributed by atoms with Gasteiger partial charge in [0.2, 0.25) is 0 Å². The van der Waals surface area contributed by atoms with Gasteiger partial charge in [0.15, 0.2) is 0 Å². The molecule has 2 aliphatic rings. The number of nitrogens with one attached hydrogen (secondary N) is 1. The first-order valence-electron chi connectivity index (χ1n) is 6.52. The van der Waals surface area contributed by atoms with E-state index in [1.165, 1.54) is 6.07 Å². The number of amides is 3. The van der Waals surface area contributed by atoms with Crippen molar-refractivity contribution in [1.82, 2.24) is 10.2 Å². The fourth-order valence-corrected chi connectivity index (χ4v) is 2.82. The maximum absolute atomic E-state index is 12.6. The van der Waals surface area contributed by atoms with Crippen LogP contribution in [0, 0.1) is 0 Å². The SMILES string of the molecule is CC1(C(=O)N2C(=O)c3cccc(N)c3C2=O)CCCN1. The number of rotatable bonds is 1. The predicted molar refractivity (Wildman–Crippen MR) is 72.0 cm³/mol. The zero-order valence-corrected chi connectivity index (χ0v) is 11.1. The van der Waals surface area contributed by atoms with Crippen LogP contribution in [0.2, 0.25) is 0 Å². The molecule has 2 aliphatic heterocycles. The zero-order valence-electron chi connectivity index (χ0n) is 11.1. The van der Waals surface area contributed by atoms with Crippen LogP contribution < -0.4 is 11.1 Å². The van der Waals surface area contributed by atoms with Crippen molar-refractivity contribution in [3.63, 3.8) is 0 Å². The van der Waals surface area contributed by atoms with E-state index in [9.17, 15) is 14.4 Å². The maximum atomic E-state index is 12.6. The lowest BCUT2D eigenvalue weighted by molar-refractivity contribution is -0.132. The third-order valence-electron chi connectivity index (χ3n) is 3.99. The summed E-state index contributed by atoms with van der Waals surface area (Å²) in [4.78, 5) is 37.9. The van der Waals surface area contributed by atoms with Crippen LogP contribution in [0.25, 0.3) is 0 Å². The third-order valence-corrected chi connectivity index (χ3v) is 3.99. The van der Waals surface area contributed by atoms with Crippen LogP contribution in [0.15, 0.2) is 18.2 Å². The number of nitrogens with zero attached hydrogens (tertiary/aromatic N) is 1. The molecule has 1 unspecified atom stereocenters. The van der Waals surface area contributed by atoms with E-state index in [1.807, 2.05) is 0 Å². The van der Waals surface area contributed by atoms with Crippen LogP contribution in [0.1, 0.15) is 40.5 Å². The number of carbonyl (C=O) groups excluding carboxylic acids is 3. The maximum Gasteiger partial charge on any atom is 0.270 e. The Morgan fingerprint density at radius 2 is 2.10 bits per heavy atom. The first-order valence-corrected chi connectivity index (χ1v) is 6.52. The lowest BCUT2D eigenvalue weighted by Crippen LogP contribution is -2.54. The number of carbonyl (C=O) groups is 3. The third kappa shape index (κ3) is 1.58. The molecule has 2 heterocycles. The van der Waals surface area contributed by atoms with Crippen LogP contribution in [-0.2, 0) is 4.79 Å². The number of benzene rings is 1. The number of nitrogens with two attached hydrogens (primary N) is 1. The van der Waals surface area contributed by atoms with Crippen molar-refractivity contribution in [2.75, 3.05) is 12.3 Å². The molecule has 0 radical (unpaired) electrons. The lowest BCUT2D eigenvalue weighted by atomic mass is 9.98. The van der Waals surface area contributed by atoms with Gasteiger partial charge in [0, 0.05) is 5.69 Å². The Bertz CT molecular complexity index is 633. The second-order valence-electron chi connectivity index (χ2n) is 5.38. The van der Waals surface area contributed by atoms with Crippen molar-refractivity contribution in [1.29, 1.82) is 0 Å². The molecule has 1 atom stereocenters. The van der Waals surface area contributed by atoms with Gasteiger partial charge in [-0.05, 0) is 38.4 Å². The standard InChI is InChI=1S/C14H15N3O3/c1-14(6-3-7-16-14)13(20)17-11(18)8-4-2-5-9(15)10(8)12(17)19/h2,4-5,16H,3,6-7,15H2,1H3. The summed E-state index contributed by atoms with van der Waals surface area (Å²) >= 11 is 0. The summed E-state index contributed by atoms with van der Waals surface area (Å²) in [6, 6.07) is 4.67. The van der Waals surface area contributed by atoms with Crippen molar-refractivity contribution in [3.05, 3.63) is 29.3 Å². The Labute approximate surface area is 115 Å². The van der Waals surface area contributed by atoms with E-state index < -0.39 is 23.3 Å². The largest absolute Gasteiger partial charge is 0.398 e. The van der Waals surface area contributed by atoms with Crippen LogP contribution in [0.5, 0.6) is 0 Å². The number of imide groups is 3. The predicted octanol–water partition coefficient (Wildman–Crippen LogP) is 0.534. The topological polar surface area (TPSA) is 92.5 Å². The number of hydrogen-bond acceptors (Lipinski definition) is 5. The highest BCUT2D eigenvalue weighted by Crippen LogP contribution is 2.31. The molecule has 104 valence electrons. The molecule has 0 aliphatic carbocycles. The highest BCUT2D eigenvalue weighted by molar-refractivity contribution is 6.31. The Morgan fingerprint density at radius 3 is 2.70 bits per heavy atom. The molecule has 0 saturated carbocycles. The molecule has 3 rings (SSSR count). The molecule has 6 nitrogen and oxygen atoms in total. The summed E-state index contributed by atoms with van der Waals surface area (Å²) < 4.78 is 0. The fraction of sp³-hybridized carbons (Fsp3) is 0.357. The minimum absolute atomic E-state index is 0.132. The molecule has 3 N–H and O–H groups in total. The Kier molecular flexibility index (Phi) is 2.65. The number of fused-ring (bicyclic) bond motifs is 1. The van der Waals surface area contributed by atoms with Crippen molar-refractivity contribution in [3.8, 4) is 0 Å². The van der Waals surface area contributed by atoms with E-state index in [2.05, 4.69) is 5.32 Å². The van der Waals surface area contributed by atoms with E-state index in [1.54, 1.807) is 19.1 Å². The lowest BCUT2D eigenvalue weighted by Gasteiger charge is -2.26. The molecule has 0 spiro atoms. The molecule has 1 aromatic carbocycles. The second-order valence-corrected chi connectivity index (χ2v) is 5.38. The van der Waals surface area contributed by atoms with Crippen LogP contribution in [0.3, 0.4) is 0 Å². The van der Waals surface area contributed by atoms with Crippen LogP contribution >= 0.6 is 0 Å². The summed E-state index contributed by atoms with van der Waals surface area (Å²) in [6.45, 7) is 2.42. The summed E-state index contributed by atoms with van der Waals surface area (Å²) in [5.41, 5.74) is 5.44. The van der Waals surface area contributed by atoms with Crippen LogP contribution in [0.4, 0.5) is 5.69 Å². The Morgan fingerprint density at radius 1 is 1.35 bits per heavy atom. The quantitative estimate of drug-likeness (QED) is 0.575. The fourth-order valence-electron chi connectivity index (χ4n) is 2.82. The first-order chi connectivity index (χ1) is 9.46. The Hall–Kier alpha value is -2.21. The van der Waals surface area contributed by atoms with Gasteiger partial charge in [-0.1, -0.05) is 6.07 Å². The van der Waals surface area contributed by atoms with Gasteiger partial charge in [-0.15, -0.1) is 0 Å². The minimum Gasteiger partial charge on any atom is -0.398 e. The van der Waals surface area contributed by atoms with Crippen molar-refractivity contribution < 1.29 is 14.4 Å². The summed E-state index contributed by atoms with van der Waals surface area (Å²) in [7, 11) is 0. The highest BCUT2D eigenvalue weighted by atomic mass is 16.2. The van der Waals surface area contributed by atoms with E-state index in [0.29, 0.717) is 13.0 Å². The number of hydrogen-bond donors (Lipinski definition) is 2. The van der Waals surface area contributed by atoms with Gasteiger partial charge >= 0.3 is 0 Å². The molecule has 1 saturated heterocycles. The highest BCUT2D eigenvalue weighted by Gasteiger charge is 2.48. The molecule has 0 aromatic heterocycles. The van der Waals surface area contributed by atoms with E-state index in [-0.39, 0.29) is 16.8 Å². The molecule has 20 heavy (non-hydrogen) atoms. The van der Waals surface area contributed by atoms with Gasteiger partial charge in [-0.2, -0.15) is 0 Å². The number of nitrogen functional groups attached to an aromatic ring is 1. The molecule has 6 heteroatoms. The van der Waals surface area contributed by atoms with E-state index >= 15 is 0 Å². The minimum atomic E-state index is -0.859. The van der Waals surface area contributed by atoms with Crippen molar-refractivity contribution in [2.24, 2.45) is 0 Å². The smallest absolute Gasteiger partial charge is 0.270 e. The number of anilines is 1. The summed E-state index contributed by atoms with van der Waals surface area (Å²) in [6.07, 6.45) is 1.45. The van der Waals surface area contributed by atoms with Crippen molar-refractivity contribution >= 4 is 23.4 Å². The molecule has 1 fully saturated rings. The van der Waals surface area contributed by atoms with Gasteiger partial charge in [-0.3, -0.25) is 14.4 Å².